The van der Waals surface area contributed by atoms with Crippen LogP contribution in [0.15, 0.2) is 24.5 Å². The first-order valence-electron chi connectivity index (χ1n) is 13.2. The van der Waals surface area contributed by atoms with E-state index in [1.54, 1.807) is 6.20 Å². The van der Waals surface area contributed by atoms with Crippen LogP contribution in [0.2, 0.25) is 0 Å². The van der Waals surface area contributed by atoms with Gasteiger partial charge in [-0.3, -0.25) is 9.88 Å². The van der Waals surface area contributed by atoms with Crippen LogP contribution >= 0.6 is 0 Å². The molecule has 0 unspecified atom stereocenters. The van der Waals surface area contributed by atoms with Crippen LogP contribution in [0.5, 0.6) is 0 Å². The lowest BCUT2D eigenvalue weighted by Crippen LogP contribution is -2.43. The van der Waals surface area contributed by atoms with Gasteiger partial charge in [-0.25, -0.2) is 14.4 Å². The molecular weight excluding hydrogens is 641 g/mol. The largest absolute Gasteiger partial charge is 0.490 e. The molecule has 0 saturated carbocycles. The fraction of sp³-hybridized carbons (Fsp3) is 0.680. The smallest absolute Gasteiger partial charge is 0.475 e. The van der Waals surface area contributed by atoms with Gasteiger partial charge in [0.05, 0.1) is 12.7 Å². The molecule has 11 nitrogen and oxygen atoms in total. The maximum Gasteiger partial charge on any atom is 0.490 e. The van der Waals surface area contributed by atoms with E-state index in [-0.39, 0.29) is 12.2 Å². The summed E-state index contributed by atoms with van der Waals surface area (Å²) in [7, 11) is 0. The highest BCUT2D eigenvalue weighted by Gasteiger charge is 2.44. The van der Waals surface area contributed by atoms with Gasteiger partial charge in [-0.1, -0.05) is 6.07 Å². The number of halogens is 9. The Labute approximate surface area is 250 Å². The molecular formula is C25H32F9N3O8. The Morgan fingerprint density at radius 3 is 1.82 bits per heavy atom. The highest BCUT2D eigenvalue weighted by Crippen LogP contribution is 2.31. The van der Waals surface area contributed by atoms with Crippen LogP contribution in [0, 0.1) is 0 Å². The van der Waals surface area contributed by atoms with E-state index in [2.05, 4.69) is 20.9 Å². The van der Waals surface area contributed by atoms with Gasteiger partial charge in [0.1, 0.15) is 6.10 Å². The number of carboxylic acids is 3. The van der Waals surface area contributed by atoms with Gasteiger partial charge >= 0.3 is 36.4 Å². The second-order valence-corrected chi connectivity index (χ2v) is 9.71. The molecule has 3 atom stereocenters. The number of fused-ring (bicyclic) bond motifs is 1. The molecule has 45 heavy (non-hydrogen) atoms. The number of alkyl halides is 9. The minimum Gasteiger partial charge on any atom is -0.475 e. The van der Waals surface area contributed by atoms with Crippen molar-refractivity contribution in [3.8, 4) is 0 Å². The van der Waals surface area contributed by atoms with E-state index in [0.717, 1.165) is 25.3 Å². The summed E-state index contributed by atoms with van der Waals surface area (Å²) in [4.78, 5) is 36.1. The SMILES string of the molecule is O=C(O)C(F)(F)F.O=C(O)C(F)(F)F.O=C(O)C(F)(F)F.c1cncc(CO[C@@H]2CN(CCN3CCCC3)[C@@H]3CCCO[C@@H]32)c1. The molecule has 3 saturated heterocycles. The Kier molecular flexibility index (Phi) is 16.0. The quantitative estimate of drug-likeness (QED) is 0.379. The number of aromatic nitrogens is 1. The number of pyridine rings is 1. The van der Waals surface area contributed by atoms with Gasteiger partial charge in [-0.05, 0) is 50.4 Å². The predicted molar refractivity (Wildman–Crippen MR) is 134 cm³/mol. The van der Waals surface area contributed by atoms with Crippen molar-refractivity contribution in [3.05, 3.63) is 30.1 Å². The summed E-state index contributed by atoms with van der Waals surface area (Å²) in [6.07, 6.45) is -5.96. The zero-order valence-electron chi connectivity index (χ0n) is 23.4. The van der Waals surface area contributed by atoms with E-state index in [1.807, 2.05) is 12.3 Å². The number of aliphatic carboxylic acids is 3. The molecule has 4 rings (SSSR count). The molecule has 0 bridgehead atoms. The molecule has 0 aromatic carbocycles. The fourth-order valence-corrected chi connectivity index (χ4v) is 4.37. The van der Waals surface area contributed by atoms with E-state index in [4.69, 9.17) is 39.2 Å². The van der Waals surface area contributed by atoms with Crippen molar-refractivity contribution >= 4 is 17.9 Å². The lowest BCUT2D eigenvalue weighted by Gasteiger charge is -2.33. The van der Waals surface area contributed by atoms with Crippen LogP contribution in [0.4, 0.5) is 39.5 Å². The minimum atomic E-state index is -5.08. The monoisotopic (exact) mass is 673 g/mol. The third kappa shape index (κ3) is 15.6. The topological polar surface area (TPSA) is 150 Å². The normalized spacial score (nSPS) is 22.0. The van der Waals surface area contributed by atoms with Crippen molar-refractivity contribution in [3.63, 3.8) is 0 Å². The first-order valence-corrected chi connectivity index (χ1v) is 13.2. The Morgan fingerprint density at radius 1 is 0.867 bits per heavy atom. The van der Waals surface area contributed by atoms with E-state index in [9.17, 15) is 39.5 Å². The van der Waals surface area contributed by atoms with E-state index < -0.39 is 36.4 Å². The number of nitrogens with zero attached hydrogens (tertiary/aromatic N) is 3. The highest BCUT2D eigenvalue weighted by molar-refractivity contribution is 5.73. The minimum absolute atomic E-state index is 0.189. The van der Waals surface area contributed by atoms with Gasteiger partial charge in [0, 0.05) is 44.7 Å². The van der Waals surface area contributed by atoms with Crippen molar-refractivity contribution in [1.29, 1.82) is 0 Å². The van der Waals surface area contributed by atoms with Crippen molar-refractivity contribution in [2.75, 3.05) is 39.3 Å². The highest BCUT2D eigenvalue weighted by atomic mass is 19.4. The van der Waals surface area contributed by atoms with Crippen molar-refractivity contribution in [2.45, 2.75) is 69.1 Å². The van der Waals surface area contributed by atoms with Crippen LogP contribution in [0.1, 0.15) is 31.2 Å². The van der Waals surface area contributed by atoms with Crippen LogP contribution in [0.3, 0.4) is 0 Å². The van der Waals surface area contributed by atoms with Gasteiger partial charge in [0.25, 0.3) is 0 Å². The summed E-state index contributed by atoms with van der Waals surface area (Å²) in [6.45, 7) is 7.41. The molecule has 3 N–H and O–H groups in total. The maximum absolute atomic E-state index is 10.6. The molecule has 3 fully saturated rings. The zero-order valence-corrected chi connectivity index (χ0v) is 23.4. The van der Waals surface area contributed by atoms with Crippen LogP contribution in [-0.4, -0.2) is 124 Å². The van der Waals surface area contributed by atoms with E-state index >= 15 is 0 Å². The molecule has 0 aliphatic carbocycles. The molecule has 1 aromatic rings. The van der Waals surface area contributed by atoms with Gasteiger partial charge in [0.2, 0.25) is 0 Å². The molecule has 20 heteroatoms. The molecule has 0 radical (unpaired) electrons. The van der Waals surface area contributed by atoms with Gasteiger partial charge < -0.3 is 29.7 Å². The predicted octanol–water partition coefficient (Wildman–Crippen LogP) is 3.83. The number of likely N-dealkylation sites (tertiary alicyclic amines) is 2. The number of carboxylic acid groups (broad SMARTS) is 3. The first kappa shape index (κ1) is 39.8. The van der Waals surface area contributed by atoms with Gasteiger partial charge in [-0.15, -0.1) is 0 Å². The fourth-order valence-electron chi connectivity index (χ4n) is 4.37. The molecule has 4 heterocycles. The summed E-state index contributed by atoms with van der Waals surface area (Å²) >= 11 is 0. The Hall–Kier alpha value is -3.23. The molecule has 3 aliphatic heterocycles. The summed E-state index contributed by atoms with van der Waals surface area (Å²) in [6, 6.07) is 4.59. The Balaban J connectivity index is 0.000000396. The number of hydrogen-bond donors (Lipinski definition) is 3. The Morgan fingerprint density at radius 2 is 1.38 bits per heavy atom. The third-order valence-electron chi connectivity index (χ3n) is 6.40. The summed E-state index contributed by atoms with van der Waals surface area (Å²) in [5, 5.41) is 21.4. The average Bonchev–Trinajstić information content (AvgIpc) is 3.59. The van der Waals surface area contributed by atoms with Crippen LogP contribution in [0.25, 0.3) is 0 Å². The van der Waals surface area contributed by atoms with Gasteiger partial charge in [-0.2, -0.15) is 39.5 Å². The number of carbonyl (C=O) groups is 3. The van der Waals surface area contributed by atoms with Crippen molar-refractivity contribution in [1.82, 2.24) is 14.8 Å². The average molecular weight is 674 g/mol. The summed E-state index contributed by atoms with van der Waals surface area (Å²) in [5.41, 5.74) is 1.14. The van der Waals surface area contributed by atoms with Crippen molar-refractivity contribution < 1.29 is 78.7 Å². The van der Waals surface area contributed by atoms with Crippen molar-refractivity contribution in [2.24, 2.45) is 0 Å². The first-order chi connectivity index (χ1) is 20.7. The molecule has 258 valence electrons. The molecule has 3 aliphatic rings. The molecule has 1 aromatic heterocycles. The van der Waals surface area contributed by atoms with Gasteiger partial charge in [0.15, 0.2) is 0 Å². The lowest BCUT2D eigenvalue weighted by molar-refractivity contribution is -0.193. The zero-order chi connectivity index (χ0) is 34.4. The van der Waals surface area contributed by atoms with E-state index in [1.165, 1.54) is 45.3 Å². The second-order valence-electron chi connectivity index (χ2n) is 9.71. The molecule has 0 amide bonds. The standard InChI is InChI=1S/C19H29N3O2.3C2HF3O2/c1-2-9-21(8-1)10-11-22-14-18(19-17(22)6-4-12-23-19)24-15-16-5-3-7-20-13-16;3*3-2(4,5)1(6)7/h3,5,7,13,17-19H,1-2,4,6,8-12,14-15H2;3*(H,6,7)/t17-,18-,19+;;;/m1.../s1. The Bertz CT molecular complexity index is 996. The summed E-state index contributed by atoms with van der Waals surface area (Å²) in [5.74, 6) is -8.27. The number of ether oxygens (including phenoxy) is 2. The van der Waals surface area contributed by atoms with Crippen LogP contribution < -0.4 is 0 Å². The van der Waals surface area contributed by atoms with E-state index in [0.29, 0.717) is 12.6 Å². The number of hydrogen-bond acceptors (Lipinski definition) is 8. The maximum atomic E-state index is 10.6. The third-order valence-corrected chi connectivity index (χ3v) is 6.40. The second kappa shape index (κ2) is 18.1. The van der Waals surface area contributed by atoms with Crippen LogP contribution in [-0.2, 0) is 30.5 Å². The molecule has 0 spiro atoms. The lowest BCUT2D eigenvalue weighted by atomic mass is 10.0. The summed E-state index contributed by atoms with van der Waals surface area (Å²) < 4.78 is 108. The number of rotatable bonds is 6.